The van der Waals surface area contributed by atoms with Gasteiger partial charge in [0.25, 0.3) is 0 Å². The van der Waals surface area contributed by atoms with E-state index < -0.39 is 0 Å². The van der Waals surface area contributed by atoms with Crippen LogP contribution in [-0.4, -0.2) is 11.1 Å². The fourth-order valence-electron chi connectivity index (χ4n) is 3.67. The molecule has 0 fully saturated rings. The number of nitrogens with zero attached hydrogens (tertiary/aromatic N) is 1. The molecule has 0 amide bonds. The lowest BCUT2D eigenvalue weighted by Crippen LogP contribution is -2.16. The van der Waals surface area contributed by atoms with Gasteiger partial charge in [0.2, 0.25) is 0 Å². The van der Waals surface area contributed by atoms with Crippen molar-refractivity contribution in [3.63, 3.8) is 0 Å². The lowest BCUT2D eigenvalue weighted by molar-refractivity contribution is 0.626. The van der Waals surface area contributed by atoms with Gasteiger partial charge in [-0.3, -0.25) is 0 Å². The maximum Gasteiger partial charge on any atom is 0.123 e. The van der Waals surface area contributed by atoms with Gasteiger partial charge >= 0.3 is 0 Å². The molecule has 2 nitrogen and oxygen atoms in total. The van der Waals surface area contributed by atoms with E-state index in [9.17, 15) is 4.39 Å². The van der Waals surface area contributed by atoms with E-state index in [1.54, 1.807) is 0 Å². The summed E-state index contributed by atoms with van der Waals surface area (Å²) in [5, 5.41) is 6.13. The van der Waals surface area contributed by atoms with Crippen molar-refractivity contribution in [1.82, 2.24) is 9.88 Å². The largest absolute Gasteiger partial charge is 0.341 e. The van der Waals surface area contributed by atoms with E-state index >= 15 is 0 Å². The summed E-state index contributed by atoms with van der Waals surface area (Å²) in [6.45, 7) is 4.87. The number of rotatable bonds is 6. The van der Waals surface area contributed by atoms with Crippen molar-refractivity contribution in [2.75, 3.05) is 6.54 Å². The van der Waals surface area contributed by atoms with E-state index in [-0.39, 0.29) is 18.2 Å². The number of halogens is 2. The smallest absolute Gasteiger partial charge is 0.123 e. The minimum atomic E-state index is -0.179. The average molecular weight is 383 g/mol. The molecule has 4 heteroatoms. The van der Waals surface area contributed by atoms with E-state index in [4.69, 9.17) is 0 Å². The predicted molar refractivity (Wildman–Crippen MR) is 114 cm³/mol. The van der Waals surface area contributed by atoms with Crippen LogP contribution in [-0.2, 0) is 19.5 Å². The highest BCUT2D eigenvalue weighted by molar-refractivity contribution is 6.08. The molecule has 0 saturated carbocycles. The van der Waals surface area contributed by atoms with E-state index in [1.807, 2.05) is 12.1 Å². The van der Waals surface area contributed by atoms with Crippen LogP contribution in [0.2, 0.25) is 0 Å². The number of benzene rings is 3. The van der Waals surface area contributed by atoms with Crippen molar-refractivity contribution in [3.05, 3.63) is 83.7 Å². The third kappa shape index (κ3) is 4.00. The quantitative estimate of drug-likeness (QED) is 0.423. The van der Waals surface area contributed by atoms with Crippen LogP contribution in [0.15, 0.2) is 66.7 Å². The van der Waals surface area contributed by atoms with Crippen molar-refractivity contribution in [1.29, 1.82) is 0 Å². The highest BCUT2D eigenvalue weighted by Crippen LogP contribution is 2.29. The standard InChI is InChI=1S/C23H23FN2.ClH/c1-2-26-22-6-4-3-5-20(22)21-15-18(9-12-23(21)26)16-25-14-13-17-7-10-19(24)11-8-17;/h3-12,15,25H,2,13-14,16H2,1H3;1H. The zero-order chi connectivity index (χ0) is 17.9. The Kier molecular flexibility index (Phi) is 6.15. The van der Waals surface area contributed by atoms with Crippen molar-refractivity contribution >= 4 is 34.2 Å². The van der Waals surface area contributed by atoms with E-state index in [0.717, 1.165) is 31.6 Å². The number of aromatic nitrogens is 1. The zero-order valence-corrected chi connectivity index (χ0v) is 16.2. The minimum Gasteiger partial charge on any atom is -0.341 e. The monoisotopic (exact) mass is 382 g/mol. The Balaban J connectivity index is 0.00000210. The molecule has 140 valence electrons. The first-order chi connectivity index (χ1) is 12.8. The molecule has 1 aromatic heterocycles. The highest BCUT2D eigenvalue weighted by atomic mass is 35.5. The molecule has 1 heterocycles. The number of hydrogen-bond acceptors (Lipinski definition) is 1. The Morgan fingerprint density at radius 3 is 2.33 bits per heavy atom. The van der Waals surface area contributed by atoms with Gasteiger partial charge in [-0.1, -0.05) is 36.4 Å². The Morgan fingerprint density at radius 2 is 1.56 bits per heavy atom. The zero-order valence-electron chi connectivity index (χ0n) is 15.4. The lowest BCUT2D eigenvalue weighted by Gasteiger charge is -2.07. The van der Waals surface area contributed by atoms with E-state index in [2.05, 4.69) is 59.3 Å². The number of aryl methyl sites for hydroxylation is 1. The molecule has 0 bridgehead atoms. The van der Waals surface area contributed by atoms with Crippen LogP contribution in [0.3, 0.4) is 0 Å². The molecule has 0 saturated heterocycles. The van der Waals surface area contributed by atoms with E-state index in [1.165, 1.54) is 39.5 Å². The van der Waals surface area contributed by atoms with Gasteiger partial charge in [-0.05, 0) is 61.3 Å². The minimum absolute atomic E-state index is 0. The topological polar surface area (TPSA) is 17.0 Å². The summed E-state index contributed by atoms with van der Waals surface area (Å²) in [5.74, 6) is -0.179. The lowest BCUT2D eigenvalue weighted by atomic mass is 10.1. The molecule has 0 unspecified atom stereocenters. The molecule has 27 heavy (non-hydrogen) atoms. The van der Waals surface area contributed by atoms with Gasteiger partial charge < -0.3 is 9.88 Å². The van der Waals surface area contributed by atoms with Crippen LogP contribution in [0.5, 0.6) is 0 Å². The summed E-state index contributed by atoms with van der Waals surface area (Å²) in [6.07, 6.45) is 0.900. The number of nitrogens with one attached hydrogen (secondary N) is 1. The van der Waals surface area contributed by atoms with Crippen molar-refractivity contribution in [3.8, 4) is 0 Å². The summed E-state index contributed by atoms with van der Waals surface area (Å²) in [6, 6.07) is 22.1. The number of para-hydroxylation sites is 1. The van der Waals surface area contributed by atoms with Crippen molar-refractivity contribution in [2.45, 2.75) is 26.4 Å². The molecule has 4 aromatic rings. The Bertz CT molecular complexity index is 1040. The predicted octanol–water partition coefficient (Wildman–Crippen LogP) is 5.71. The molecular formula is C23H24ClFN2. The summed E-state index contributed by atoms with van der Waals surface area (Å²) in [7, 11) is 0. The first-order valence-electron chi connectivity index (χ1n) is 9.21. The van der Waals surface area contributed by atoms with Crippen molar-refractivity contribution in [2.24, 2.45) is 0 Å². The van der Waals surface area contributed by atoms with Gasteiger partial charge in [0, 0.05) is 34.9 Å². The third-order valence-corrected chi connectivity index (χ3v) is 4.99. The summed E-state index contributed by atoms with van der Waals surface area (Å²) < 4.78 is 15.3. The first kappa shape index (κ1) is 19.4. The van der Waals surface area contributed by atoms with Gasteiger partial charge in [-0.15, -0.1) is 12.4 Å². The second-order valence-electron chi connectivity index (χ2n) is 6.67. The maximum absolute atomic E-state index is 12.9. The Hall–Kier alpha value is -2.36. The molecule has 4 rings (SSSR count). The second-order valence-corrected chi connectivity index (χ2v) is 6.67. The molecule has 3 aromatic carbocycles. The van der Waals surface area contributed by atoms with Gasteiger partial charge in [0.05, 0.1) is 0 Å². The number of hydrogen-bond donors (Lipinski definition) is 1. The van der Waals surface area contributed by atoms with Crippen LogP contribution >= 0.6 is 12.4 Å². The Morgan fingerprint density at radius 1 is 0.852 bits per heavy atom. The average Bonchev–Trinajstić information content (AvgIpc) is 3.00. The highest BCUT2D eigenvalue weighted by Gasteiger charge is 2.09. The van der Waals surface area contributed by atoms with Crippen LogP contribution in [0.1, 0.15) is 18.1 Å². The van der Waals surface area contributed by atoms with Crippen LogP contribution in [0.25, 0.3) is 21.8 Å². The summed E-state index contributed by atoms with van der Waals surface area (Å²) in [5.41, 5.74) is 5.03. The molecular weight excluding hydrogens is 359 g/mol. The molecule has 1 N–H and O–H groups in total. The van der Waals surface area contributed by atoms with E-state index in [0.29, 0.717) is 0 Å². The van der Waals surface area contributed by atoms with Gasteiger partial charge in [-0.2, -0.15) is 0 Å². The normalized spacial score (nSPS) is 11.0. The third-order valence-electron chi connectivity index (χ3n) is 4.99. The van der Waals surface area contributed by atoms with Crippen LogP contribution in [0.4, 0.5) is 4.39 Å². The molecule has 0 aliphatic heterocycles. The fourth-order valence-corrected chi connectivity index (χ4v) is 3.67. The van der Waals surface area contributed by atoms with Gasteiger partial charge in [-0.25, -0.2) is 4.39 Å². The first-order valence-corrected chi connectivity index (χ1v) is 9.21. The summed E-state index contributed by atoms with van der Waals surface area (Å²) >= 11 is 0. The van der Waals surface area contributed by atoms with Crippen LogP contribution in [0, 0.1) is 5.82 Å². The Labute approximate surface area is 165 Å². The van der Waals surface area contributed by atoms with Gasteiger partial charge in [0.15, 0.2) is 0 Å². The van der Waals surface area contributed by atoms with Crippen LogP contribution < -0.4 is 5.32 Å². The van der Waals surface area contributed by atoms with Gasteiger partial charge in [0.1, 0.15) is 5.82 Å². The SMILES string of the molecule is CCn1c2ccccc2c2cc(CNCCc3ccc(F)cc3)ccc21.Cl. The molecule has 0 aliphatic rings. The number of fused-ring (bicyclic) bond motifs is 3. The maximum atomic E-state index is 12.9. The molecule has 0 spiro atoms. The molecule has 0 aliphatic carbocycles. The fraction of sp³-hybridized carbons (Fsp3) is 0.217. The summed E-state index contributed by atoms with van der Waals surface area (Å²) in [4.78, 5) is 0. The second kappa shape index (κ2) is 8.55. The molecule has 0 atom stereocenters. The molecule has 0 radical (unpaired) electrons. The van der Waals surface area contributed by atoms with Crippen molar-refractivity contribution < 1.29 is 4.39 Å².